The number of nitrogens with zero attached hydrogens (tertiary/aromatic N) is 5. The van der Waals surface area contributed by atoms with Crippen LogP contribution in [0.2, 0.25) is 0 Å². The summed E-state index contributed by atoms with van der Waals surface area (Å²) in [4.78, 5) is 27.3. The van der Waals surface area contributed by atoms with Gasteiger partial charge in [-0.25, -0.2) is 9.78 Å². The van der Waals surface area contributed by atoms with Gasteiger partial charge in [0.15, 0.2) is 5.13 Å². The molecule has 1 N–H and O–H groups in total. The molecule has 4 heterocycles. The van der Waals surface area contributed by atoms with E-state index in [1.54, 1.807) is 6.07 Å². The van der Waals surface area contributed by atoms with E-state index in [-0.39, 0.29) is 6.03 Å². The van der Waals surface area contributed by atoms with E-state index in [2.05, 4.69) is 21.3 Å². The summed E-state index contributed by atoms with van der Waals surface area (Å²) in [5.41, 5.74) is 4.99. The molecule has 9 heteroatoms. The van der Waals surface area contributed by atoms with Crippen molar-refractivity contribution in [2.24, 2.45) is 0 Å². The molecule has 0 unspecified atom stereocenters. The summed E-state index contributed by atoms with van der Waals surface area (Å²) in [5, 5.41) is 12.9. The molecule has 8 nitrogen and oxygen atoms in total. The number of ether oxygens (including phenoxy) is 1. The van der Waals surface area contributed by atoms with Crippen LogP contribution in [0.4, 0.5) is 9.93 Å². The highest BCUT2D eigenvalue weighted by atomic mass is 32.1. The lowest BCUT2D eigenvalue weighted by Gasteiger charge is -2.46. The van der Waals surface area contributed by atoms with Gasteiger partial charge in [-0.05, 0) is 43.7 Å². The second kappa shape index (κ2) is 9.50. The molecule has 0 bridgehead atoms. The molecule has 0 spiro atoms. The van der Waals surface area contributed by atoms with E-state index in [0.717, 1.165) is 59.4 Å². The molecule has 0 aliphatic carbocycles. The molecule has 1 aromatic carbocycles. The van der Waals surface area contributed by atoms with Gasteiger partial charge in [-0.15, -0.1) is 0 Å². The van der Waals surface area contributed by atoms with Crippen LogP contribution in [-0.2, 0) is 4.74 Å². The van der Waals surface area contributed by atoms with Gasteiger partial charge in [0.25, 0.3) is 0 Å². The fourth-order valence-corrected chi connectivity index (χ4v) is 5.40. The van der Waals surface area contributed by atoms with E-state index in [9.17, 15) is 10.1 Å². The molecule has 2 aromatic heterocycles. The Morgan fingerprint density at radius 1 is 1.12 bits per heavy atom. The summed E-state index contributed by atoms with van der Waals surface area (Å²) < 4.78 is 5.42. The quantitative estimate of drug-likeness (QED) is 0.616. The van der Waals surface area contributed by atoms with Crippen molar-refractivity contribution < 1.29 is 9.53 Å². The number of amides is 2. The number of pyridine rings is 1. The number of likely N-dealkylation sites (tertiary alicyclic amines) is 1. The smallest absolute Gasteiger partial charge is 0.323 e. The summed E-state index contributed by atoms with van der Waals surface area (Å²) in [6, 6.07) is 13.9. The number of thiazole rings is 1. The van der Waals surface area contributed by atoms with E-state index in [1.165, 1.54) is 11.3 Å². The molecule has 2 saturated heterocycles. The fourth-order valence-electron chi connectivity index (χ4n) is 4.43. The van der Waals surface area contributed by atoms with Crippen molar-refractivity contribution >= 4 is 22.5 Å². The number of nitrogens with one attached hydrogen (secondary N) is 1. The number of nitriles is 1. The summed E-state index contributed by atoms with van der Waals surface area (Å²) in [7, 11) is 0. The maximum atomic E-state index is 12.9. The van der Waals surface area contributed by atoms with Gasteiger partial charge in [0.1, 0.15) is 0 Å². The summed E-state index contributed by atoms with van der Waals surface area (Å²) in [6.45, 7) is 8.71. The minimum atomic E-state index is -0.135. The second-order valence-corrected chi connectivity index (χ2v) is 9.66. The maximum Gasteiger partial charge on any atom is 0.323 e. The molecule has 34 heavy (non-hydrogen) atoms. The van der Waals surface area contributed by atoms with Crippen molar-refractivity contribution in [2.75, 3.05) is 44.7 Å². The minimum absolute atomic E-state index is 0.135. The van der Waals surface area contributed by atoms with Crippen LogP contribution in [0.5, 0.6) is 0 Å². The first-order valence-electron chi connectivity index (χ1n) is 11.3. The Labute approximate surface area is 202 Å². The first-order chi connectivity index (χ1) is 16.5. The van der Waals surface area contributed by atoms with E-state index < -0.39 is 0 Å². The largest absolute Gasteiger partial charge is 0.379 e. The summed E-state index contributed by atoms with van der Waals surface area (Å²) in [6.07, 6.45) is 0. The van der Waals surface area contributed by atoms with Crippen molar-refractivity contribution in [3.8, 4) is 27.8 Å². The Hall–Kier alpha value is -3.32. The van der Waals surface area contributed by atoms with Crippen LogP contribution < -0.4 is 5.32 Å². The lowest BCUT2D eigenvalue weighted by Crippen LogP contribution is -2.63. The number of hydrogen-bond donors (Lipinski definition) is 1. The second-order valence-electron chi connectivity index (χ2n) is 8.67. The number of hydrogen-bond acceptors (Lipinski definition) is 7. The van der Waals surface area contributed by atoms with Crippen LogP contribution >= 0.6 is 11.3 Å². The molecular weight excluding hydrogens is 448 g/mol. The lowest BCUT2D eigenvalue weighted by atomic mass is 10.0. The third kappa shape index (κ3) is 4.66. The van der Waals surface area contributed by atoms with Crippen molar-refractivity contribution in [1.29, 1.82) is 5.26 Å². The molecule has 2 aliphatic heterocycles. The van der Waals surface area contributed by atoms with Crippen molar-refractivity contribution in [3.63, 3.8) is 0 Å². The molecule has 174 valence electrons. The normalized spacial score (nSPS) is 16.7. The zero-order chi connectivity index (χ0) is 23.7. The molecule has 2 aliphatic rings. The number of morpholine rings is 1. The molecule has 5 rings (SSSR count). The predicted molar refractivity (Wildman–Crippen MR) is 132 cm³/mol. The van der Waals surface area contributed by atoms with Gasteiger partial charge in [0.05, 0.1) is 35.4 Å². The van der Waals surface area contributed by atoms with Gasteiger partial charge < -0.3 is 9.64 Å². The molecule has 0 atom stereocenters. The third-order valence-electron chi connectivity index (χ3n) is 6.16. The molecule has 2 amide bonds. The van der Waals surface area contributed by atoms with Gasteiger partial charge in [-0.1, -0.05) is 23.5 Å². The van der Waals surface area contributed by atoms with Gasteiger partial charge in [0, 0.05) is 49.2 Å². The molecule has 3 aromatic rings. The van der Waals surface area contributed by atoms with Crippen molar-refractivity contribution in [2.45, 2.75) is 19.9 Å². The van der Waals surface area contributed by atoms with E-state index in [0.29, 0.717) is 29.8 Å². The Morgan fingerprint density at radius 3 is 2.56 bits per heavy atom. The van der Waals surface area contributed by atoms with E-state index in [1.807, 2.05) is 49.1 Å². The standard InChI is InChI=1S/C25H26N6O2S/c1-16-10-20(11-17(2)27-16)23-22(19-5-3-4-18(12-19)13-26)28-24(34-23)29-25(32)31-14-21(15-31)30-6-8-33-9-7-30/h3-5,10-12,21H,6-9,14-15H2,1-2H3,(H,28,29,32). The first-order valence-corrected chi connectivity index (χ1v) is 12.2. The number of urea groups is 1. The summed E-state index contributed by atoms with van der Waals surface area (Å²) >= 11 is 1.44. The topological polar surface area (TPSA) is 94.4 Å². The van der Waals surface area contributed by atoms with E-state index >= 15 is 0 Å². The highest BCUT2D eigenvalue weighted by Crippen LogP contribution is 2.40. The number of aromatic nitrogens is 2. The number of carbonyl (C=O) groups is 1. The Morgan fingerprint density at radius 2 is 1.85 bits per heavy atom. The zero-order valence-corrected chi connectivity index (χ0v) is 20.1. The minimum Gasteiger partial charge on any atom is -0.379 e. The monoisotopic (exact) mass is 474 g/mol. The van der Waals surface area contributed by atoms with Gasteiger partial charge >= 0.3 is 6.03 Å². The Kier molecular flexibility index (Phi) is 6.28. The average molecular weight is 475 g/mol. The van der Waals surface area contributed by atoms with Crippen LogP contribution in [0.15, 0.2) is 36.4 Å². The number of rotatable bonds is 4. The van der Waals surface area contributed by atoms with Crippen LogP contribution in [0, 0.1) is 25.2 Å². The van der Waals surface area contributed by atoms with Crippen LogP contribution in [-0.4, -0.2) is 71.2 Å². The van der Waals surface area contributed by atoms with Crippen molar-refractivity contribution in [1.82, 2.24) is 19.8 Å². The number of benzene rings is 1. The molecule has 0 saturated carbocycles. The molecular formula is C25H26N6O2S. The van der Waals surface area contributed by atoms with Crippen LogP contribution in [0.1, 0.15) is 17.0 Å². The SMILES string of the molecule is Cc1cc(-c2sc(NC(=O)N3CC(N4CCOCC4)C3)nc2-c2cccc(C#N)c2)cc(C)n1. The fraction of sp³-hybridized carbons (Fsp3) is 0.360. The predicted octanol–water partition coefficient (Wildman–Crippen LogP) is 3.91. The lowest BCUT2D eigenvalue weighted by molar-refractivity contribution is -0.0189. The van der Waals surface area contributed by atoms with Crippen LogP contribution in [0.3, 0.4) is 0 Å². The molecule has 0 radical (unpaired) electrons. The number of carbonyl (C=O) groups excluding carboxylic acids is 1. The average Bonchev–Trinajstić information content (AvgIpc) is 3.22. The van der Waals surface area contributed by atoms with Crippen molar-refractivity contribution in [3.05, 3.63) is 53.3 Å². The van der Waals surface area contributed by atoms with Gasteiger partial charge in [-0.2, -0.15) is 5.26 Å². The molecule has 2 fully saturated rings. The zero-order valence-electron chi connectivity index (χ0n) is 19.2. The highest BCUT2D eigenvalue weighted by Gasteiger charge is 2.35. The van der Waals surface area contributed by atoms with Gasteiger partial charge in [0.2, 0.25) is 0 Å². The first kappa shape index (κ1) is 22.5. The number of aryl methyl sites for hydroxylation is 2. The maximum absolute atomic E-state index is 12.9. The van der Waals surface area contributed by atoms with Gasteiger partial charge in [-0.3, -0.25) is 15.2 Å². The van der Waals surface area contributed by atoms with Crippen LogP contribution in [0.25, 0.3) is 21.7 Å². The Bertz CT molecular complexity index is 1230. The Balaban J connectivity index is 1.39. The highest BCUT2D eigenvalue weighted by molar-refractivity contribution is 7.19. The van der Waals surface area contributed by atoms with E-state index in [4.69, 9.17) is 9.72 Å². The summed E-state index contributed by atoms with van der Waals surface area (Å²) in [5.74, 6) is 0. The number of anilines is 1. The third-order valence-corrected chi connectivity index (χ3v) is 7.18.